The Balaban J connectivity index is 1.79. The highest BCUT2D eigenvalue weighted by Gasteiger charge is 2.30. The van der Waals surface area contributed by atoms with Crippen molar-refractivity contribution in [3.63, 3.8) is 0 Å². The highest BCUT2D eigenvalue weighted by molar-refractivity contribution is 5.61. The van der Waals surface area contributed by atoms with Gasteiger partial charge in [-0.3, -0.25) is 0 Å². The first-order valence-corrected chi connectivity index (χ1v) is 8.76. The molecule has 1 heterocycles. The lowest BCUT2D eigenvalue weighted by atomic mass is 10.1. The number of aryl methyl sites for hydroxylation is 1. The van der Waals surface area contributed by atoms with Gasteiger partial charge in [-0.2, -0.15) is 13.2 Å². The molecule has 0 amide bonds. The van der Waals surface area contributed by atoms with Crippen LogP contribution in [0.2, 0.25) is 0 Å². The van der Waals surface area contributed by atoms with Crippen LogP contribution >= 0.6 is 0 Å². The summed E-state index contributed by atoms with van der Waals surface area (Å²) in [6.07, 6.45) is -4.35. The summed E-state index contributed by atoms with van der Waals surface area (Å²) in [4.78, 5) is 11.0. The number of anilines is 2. The highest BCUT2D eigenvalue weighted by atomic mass is 19.4. The van der Waals surface area contributed by atoms with Crippen molar-refractivity contribution in [3.8, 4) is 11.4 Å². The van der Waals surface area contributed by atoms with Crippen LogP contribution in [-0.4, -0.2) is 24.1 Å². The number of nitrogens with one attached hydrogen (secondary N) is 1. The number of benzene rings is 2. The van der Waals surface area contributed by atoms with Gasteiger partial charge >= 0.3 is 6.18 Å². The molecule has 7 heteroatoms. The lowest BCUT2D eigenvalue weighted by molar-refractivity contribution is -0.137. The van der Waals surface area contributed by atoms with Crippen LogP contribution in [0.3, 0.4) is 0 Å². The maximum absolute atomic E-state index is 12.9. The molecule has 0 atom stereocenters. The number of alkyl halides is 3. The topological polar surface area (TPSA) is 41.1 Å². The van der Waals surface area contributed by atoms with Crippen LogP contribution in [0.25, 0.3) is 11.4 Å². The molecule has 0 radical (unpaired) electrons. The first-order chi connectivity index (χ1) is 13.2. The molecule has 1 N–H and O–H groups in total. The van der Waals surface area contributed by atoms with E-state index in [1.807, 2.05) is 50.2 Å². The quantitative estimate of drug-likeness (QED) is 0.659. The van der Waals surface area contributed by atoms with Crippen molar-refractivity contribution >= 4 is 11.5 Å². The monoisotopic (exact) mass is 386 g/mol. The summed E-state index contributed by atoms with van der Waals surface area (Å²) in [7, 11) is 3.93. The van der Waals surface area contributed by atoms with Gasteiger partial charge in [-0.1, -0.05) is 12.1 Å². The second-order valence-corrected chi connectivity index (χ2v) is 6.71. The van der Waals surface area contributed by atoms with E-state index in [9.17, 15) is 13.2 Å². The maximum atomic E-state index is 12.9. The molecule has 1 aromatic heterocycles. The van der Waals surface area contributed by atoms with Crippen LogP contribution in [0.15, 0.2) is 54.6 Å². The molecule has 146 valence electrons. The van der Waals surface area contributed by atoms with Crippen LogP contribution in [0.5, 0.6) is 0 Å². The van der Waals surface area contributed by atoms with E-state index in [0.29, 0.717) is 17.2 Å². The van der Waals surface area contributed by atoms with Crippen LogP contribution in [0.4, 0.5) is 24.7 Å². The number of nitrogens with zero attached hydrogens (tertiary/aromatic N) is 3. The van der Waals surface area contributed by atoms with Gasteiger partial charge in [0.2, 0.25) is 0 Å². The van der Waals surface area contributed by atoms with Crippen molar-refractivity contribution in [2.24, 2.45) is 0 Å². The number of aromatic nitrogens is 2. The molecule has 3 rings (SSSR count). The zero-order chi connectivity index (χ0) is 20.3. The molecule has 3 aromatic rings. The molecule has 0 bridgehead atoms. The standard InChI is InChI=1S/C21H21F3N4/c1-14-11-19(25-13-15-5-4-6-17(12-15)21(22,23)24)27-20(26-14)16-7-9-18(10-8-16)28(2)3/h4-12H,13H2,1-3H3,(H,25,26,27). The zero-order valence-corrected chi connectivity index (χ0v) is 15.9. The maximum Gasteiger partial charge on any atom is 0.416 e. The lowest BCUT2D eigenvalue weighted by Crippen LogP contribution is -2.08. The predicted octanol–water partition coefficient (Wildman–Crippen LogP) is 5.15. The summed E-state index contributed by atoms with van der Waals surface area (Å²) in [6, 6.07) is 14.9. The Bertz CT molecular complexity index is 951. The van der Waals surface area contributed by atoms with Crippen LogP contribution in [0.1, 0.15) is 16.8 Å². The molecule has 0 aliphatic heterocycles. The summed E-state index contributed by atoms with van der Waals surface area (Å²) >= 11 is 0. The van der Waals surface area contributed by atoms with Gasteiger partial charge in [0.05, 0.1) is 5.56 Å². The third-order valence-electron chi connectivity index (χ3n) is 4.22. The number of rotatable bonds is 5. The lowest BCUT2D eigenvalue weighted by Gasteiger charge is -2.13. The largest absolute Gasteiger partial charge is 0.416 e. The Kier molecular flexibility index (Phi) is 5.53. The Morgan fingerprint density at radius 2 is 1.68 bits per heavy atom. The van der Waals surface area contributed by atoms with E-state index in [0.717, 1.165) is 29.1 Å². The summed E-state index contributed by atoms with van der Waals surface area (Å²) in [5.74, 6) is 1.13. The Morgan fingerprint density at radius 1 is 0.964 bits per heavy atom. The van der Waals surface area contributed by atoms with Crippen molar-refractivity contribution in [3.05, 3.63) is 71.4 Å². The fraction of sp³-hybridized carbons (Fsp3) is 0.238. The Labute approximate surface area is 162 Å². The first kappa shape index (κ1) is 19.7. The van der Waals surface area contributed by atoms with Gasteiger partial charge in [-0.15, -0.1) is 0 Å². The van der Waals surface area contributed by atoms with Gasteiger partial charge in [-0.05, 0) is 48.9 Å². The second-order valence-electron chi connectivity index (χ2n) is 6.71. The minimum Gasteiger partial charge on any atom is -0.378 e. The Hall–Kier alpha value is -3.09. The van der Waals surface area contributed by atoms with Gasteiger partial charge < -0.3 is 10.2 Å². The molecular weight excluding hydrogens is 365 g/mol. The third-order valence-corrected chi connectivity index (χ3v) is 4.22. The number of hydrogen-bond acceptors (Lipinski definition) is 4. The molecule has 0 fully saturated rings. The molecule has 28 heavy (non-hydrogen) atoms. The SMILES string of the molecule is Cc1cc(NCc2cccc(C(F)(F)F)c2)nc(-c2ccc(N(C)C)cc2)n1. The molecular formula is C21H21F3N4. The molecule has 4 nitrogen and oxygen atoms in total. The van der Waals surface area contributed by atoms with E-state index in [1.54, 1.807) is 12.1 Å². The van der Waals surface area contributed by atoms with E-state index in [4.69, 9.17) is 0 Å². The van der Waals surface area contributed by atoms with E-state index >= 15 is 0 Å². The molecule has 0 saturated carbocycles. The minimum absolute atomic E-state index is 0.235. The highest BCUT2D eigenvalue weighted by Crippen LogP contribution is 2.29. The summed E-state index contributed by atoms with van der Waals surface area (Å²) in [5.41, 5.74) is 2.58. The van der Waals surface area contributed by atoms with E-state index < -0.39 is 11.7 Å². The van der Waals surface area contributed by atoms with Crippen LogP contribution in [0, 0.1) is 6.92 Å². The average molecular weight is 386 g/mol. The smallest absolute Gasteiger partial charge is 0.378 e. The fourth-order valence-corrected chi connectivity index (χ4v) is 2.75. The van der Waals surface area contributed by atoms with Crippen LogP contribution in [-0.2, 0) is 12.7 Å². The van der Waals surface area contributed by atoms with Gasteiger partial charge in [0, 0.05) is 43.7 Å². The summed E-state index contributed by atoms with van der Waals surface area (Å²) < 4.78 is 38.6. The van der Waals surface area contributed by atoms with E-state index in [2.05, 4.69) is 15.3 Å². The van der Waals surface area contributed by atoms with E-state index in [1.165, 1.54) is 6.07 Å². The summed E-state index contributed by atoms with van der Waals surface area (Å²) in [6.45, 7) is 2.09. The van der Waals surface area contributed by atoms with Crippen molar-refractivity contribution in [1.29, 1.82) is 0 Å². The van der Waals surface area contributed by atoms with Gasteiger partial charge in [-0.25, -0.2) is 9.97 Å². The van der Waals surface area contributed by atoms with E-state index in [-0.39, 0.29) is 6.54 Å². The van der Waals surface area contributed by atoms with Gasteiger partial charge in [0.1, 0.15) is 5.82 Å². The molecule has 0 unspecified atom stereocenters. The fourth-order valence-electron chi connectivity index (χ4n) is 2.75. The van der Waals surface area contributed by atoms with Crippen LogP contribution < -0.4 is 10.2 Å². The molecule has 0 aliphatic carbocycles. The summed E-state index contributed by atoms with van der Waals surface area (Å²) in [5, 5.41) is 3.09. The predicted molar refractivity (Wildman–Crippen MR) is 105 cm³/mol. The normalized spacial score (nSPS) is 11.4. The van der Waals surface area contributed by atoms with Crippen molar-refractivity contribution in [2.45, 2.75) is 19.6 Å². The van der Waals surface area contributed by atoms with Gasteiger partial charge in [0.15, 0.2) is 5.82 Å². The second kappa shape index (κ2) is 7.88. The molecule has 0 saturated heterocycles. The third kappa shape index (κ3) is 4.79. The Morgan fingerprint density at radius 3 is 2.32 bits per heavy atom. The first-order valence-electron chi connectivity index (χ1n) is 8.76. The number of halogens is 3. The molecule has 0 aliphatic rings. The van der Waals surface area contributed by atoms with Crippen molar-refractivity contribution in [2.75, 3.05) is 24.3 Å². The molecule has 2 aromatic carbocycles. The average Bonchev–Trinajstić information content (AvgIpc) is 2.65. The number of hydrogen-bond donors (Lipinski definition) is 1. The zero-order valence-electron chi connectivity index (χ0n) is 15.9. The van der Waals surface area contributed by atoms with Crippen molar-refractivity contribution < 1.29 is 13.2 Å². The minimum atomic E-state index is -4.35. The van der Waals surface area contributed by atoms with Gasteiger partial charge in [0.25, 0.3) is 0 Å². The molecule has 0 spiro atoms. The van der Waals surface area contributed by atoms with Crippen molar-refractivity contribution in [1.82, 2.24) is 9.97 Å².